The molecule has 3 nitrogen and oxygen atoms in total. The molecule has 10 heavy (non-hydrogen) atoms. The first kappa shape index (κ1) is 6.16. The highest BCUT2D eigenvalue weighted by Gasteiger charge is 2.47. The van der Waals surface area contributed by atoms with Crippen LogP contribution in [0.4, 0.5) is 0 Å². The molecule has 2 saturated heterocycles. The van der Waals surface area contributed by atoms with E-state index >= 15 is 0 Å². The molecule has 0 spiro atoms. The van der Waals surface area contributed by atoms with Gasteiger partial charge >= 0.3 is 5.97 Å². The van der Waals surface area contributed by atoms with Crippen LogP contribution < -0.4 is 5.32 Å². The third kappa shape index (κ3) is 0.669. The smallest absolute Gasteiger partial charge is 0.323 e. The van der Waals surface area contributed by atoms with Crippen LogP contribution >= 0.6 is 0 Å². The summed E-state index contributed by atoms with van der Waals surface area (Å²) in [7, 11) is 1.44. The Hall–Kier alpha value is -0.570. The molecule has 0 amide bonds. The van der Waals surface area contributed by atoms with Gasteiger partial charge in [0.2, 0.25) is 0 Å². The van der Waals surface area contributed by atoms with Crippen LogP contribution in [0.25, 0.3) is 0 Å². The number of esters is 1. The highest BCUT2D eigenvalue weighted by molar-refractivity contribution is 5.77. The van der Waals surface area contributed by atoms with Gasteiger partial charge in [-0.15, -0.1) is 0 Å². The summed E-state index contributed by atoms with van der Waals surface area (Å²) in [5, 5.41) is 3.20. The van der Waals surface area contributed by atoms with E-state index in [-0.39, 0.29) is 12.0 Å². The van der Waals surface area contributed by atoms with Crippen LogP contribution in [0, 0.1) is 5.92 Å². The zero-order valence-electron chi connectivity index (χ0n) is 5.96. The van der Waals surface area contributed by atoms with Gasteiger partial charge in [-0.2, -0.15) is 0 Å². The summed E-state index contributed by atoms with van der Waals surface area (Å²) in [5.74, 6) is 0.474. The van der Waals surface area contributed by atoms with E-state index in [0.717, 1.165) is 0 Å². The van der Waals surface area contributed by atoms with Gasteiger partial charge in [0.15, 0.2) is 0 Å². The fourth-order valence-electron chi connectivity index (χ4n) is 1.85. The first-order valence-electron chi connectivity index (χ1n) is 3.65. The number of carbonyl (C=O) groups excluding carboxylic acids is 1. The predicted octanol–water partition coefficient (Wildman–Crippen LogP) is -0.0902. The Morgan fingerprint density at radius 2 is 2.30 bits per heavy atom. The number of fused-ring (bicyclic) bond motifs is 1. The largest absolute Gasteiger partial charge is 0.468 e. The van der Waals surface area contributed by atoms with Crippen molar-refractivity contribution in [1.29, 1.82) is 0 Å². The second-order valence-electron chi connectivity index (χ2n) is 3.10. The fourth-order valence-corrected chi connectivity index (χ4v) is 1.85. The molecule has 1 aliphatic carbocycles. The summed E-state index contributed by atoms with van der Waals surface area (Å²) in [5.41, 5.74) is 0. The van der Waals surface area contributed by atoms with Crippen molar-refractivity contribution in [3.63, 3.8) is 0 Å². The van der Waals surface area contributed by atoms with Crippen LogP contribution in [0.15, 0.2) is 0 Å². The molecule has 3 heteroatoms. The summed E-state index contributed by atoms with van der Waals surface area (Å²) in [6, 6.07) is 0.615. The lowest BCUT2D eigenvalue weighted by Crippen LogP contribution is -2.32. The summed E-state index contributed by atoms with van der Waals surface area (Å²) >= 11 is 0. The number of ether oxygens (including phenoxy) is 1. The van der Waals surface area contributed by atoms with Crippen molar-refractivity contribution in [2.45, 2.75) is 24.9 Å². The Labute approximate surface area is 59.7 Å². The van der Waals surface area contributed by atoms with Crippen molar-refractivity contribution in [3.8, 4) is 0 Å². The molecule has 0 aromatic carbocycles. The minimum absolute atomic E-state index is 0.00926. The van der Waals surface area contributed by atoms with Crippen LogP contribution in [0.1, 0.15) is 12.8 Å². The molecule has 2 bridgehead atoms. The Morgan fingerprint density at radius 1 is 1.60 bits per heavy atom. The van der Waals surface area contributed by atoms with Crippen molar-refractivity contribution >= 4 is 5.97 Å². The van der Waals surface area contributed by atoms with Crippen molar-refractivity contribution in [3.05, 3.63) is 0 Å². The standard InChI is InChI=1S/C7H11NO2/c1-10-7(9)6-4-2-5(3-4)8-6/h4-6,8H,2-3H2,1H3. The molecule has 0 aromatic rings. The Balaban J connectivity index is 2.00. The maximum atomic E-state index is 11.0. The molecule has 3 fully saturated rings. The van der Waals surface area contributed by atoms with Crippen molar-refractivity contribution < 1.29 is 9.53 Å². The van der Waals surface area contributed by atoms with Crippen LogP contribution in [0.5, 0.6) is 0 Å². The lowest BCUT2D eigenvalue weighted by molar-refractivity contribution is -0.143. The summed E-state index contributed by atoms with van der Waals surface area (Å²) in [6.45, 7) is 0. The highest BCUT2D eigenvalue weighted by Crippen LogP contribution is 2.38. The average molecular weight is 141 g/mol. The van der Waals surface area contributed by atoms with Crippen molar-refractivity contribution in [2.24, 2.45) is 5.92 Å². The molecule has 2 aliphatic heterocycles. The minimum Gasteiger partial charge on any atom is -0.468 e. The van der Waals surface area contributed by atoms with Crippen LogP contribution in [0.3, 0.4) is 0 Å². The van der Waals surface area contributed by atoms with E-state index in [1.165, 1.54) is 20.0 Å². The number of methoxy groups -OCH3 is 1. The van der Waals surface area contributed by atoms with Crippen LogP contribution in [0.2, 0.25) is 0 Å². The van der Waals surface area contributed by atoms with E-state index in [9.17, 15) is 4.79 Å². The molecule has 56 valence electrons. The monoisotopic (exact) mass is 141 g/mol. The van der Waals surface area contributed by atoms with Crippen molar-refractivity contribution in [1.82, 2.24) is 5.32 Å². The second kappa shape index (κ2) is 1.95. The molecule has 0 radical (unpaired) electrons. The molecule has 1 unspecified atom stereocenters. The fraction of sp³-hybridized carbons (Fsp3) is 0.857. The third-order valence-corrected chi connectivity index (χ3v) is 2.52. The lowest BCUT2D eigenvalue weighted by Gasteiger charge is -2.21. The summed E-state index contributed by atoms with van der Waals surface area (Å²) < 4.78 is 4.63. The molecule has 3 rings (SSSR count). The number of carbonyl (C=O) groups is 1. The number of hydrogen-bond donors (Lipinski definition) is 1. The normalized spacial score (nSPS) is 42.7. The minimum atomic E-state index is -0.0926. The molecular weight excluding hydrogens is 130 g/mol. The second-order valence-corrected chi connectivity index (χ2v) is 3.10. The van der Waals surface area contributed by atoms with Gasteiger partial charge in [-0.1, -0.05) is 0 Å². The van der Waals surface area contributed by atoms with E-state index < -0.39 is 0 Å². The van der Waals surface area contributed by atoms with E-state index in [1.807, 2.05) is 0 Å². The Morgan fingerprint density at radius 3 is 2.70 bits per heavy atom. The molecule has 1 N–H and O–H groups in total. The topological polar surface area (TPSA) is 38.3 Å². The third-order valence-electron chi connectivity index (χ3n) is 2.52. The van der Waals surface area contributed by atoms with Gasteiger partial charge in [0.1, 0.15) is 6.04 Å². The summed E-state index contributed by atoms with van der Waals surface area (Å²) in [4.78, 5) is 11.0. The first-order chi connectivity index (χ1) is 4.81. The van der Waals surface area contributed by atoms with Gasteiger partial charge in [0.05, 0.1) is 7.11 Å². The number of hydrogen-bond acceptors (Lipinski definition) is 3. The maximum Gasteiger partial charge on any atom is 0.323 e. The lowest BCUT2D eigenvalue weighted by atomic mass is 9.83. The van der Waals surface area contributed by atoms with Crippen molar-refractivity contribution in [2.75, 3.05) is 7.11 Å². The predicted molar refractivity (Wildman–Crippen MR) is 35.5 cm³/mol. The SMILES string of the molecule is COC(=O)C1NC2CC1C2. The Kier molecular flexibility index (Phi) is 1.20. The zero-order chi connectivity index (χ0) is 7.14. The van der Waals surface area contributed by atoms with Gasteiger partial charge in [0.25, 0.3) is 0 Å². The van der Waals surface area contributed by atoms with Gasteiger partial charge in [0, 0.05) is 6.04 Å². The van der Waals surface area contributed by atoms with E-state index in [4.69, 9.17) is 0 Å². The van der Waals surface area contributed by atoms with Gasteiger partial charge in [-0.3, -0.25) is 4.79 Å². The van der Waals surface area contributed by atoms with E-state index in [1.54, 1.807) is 0 Å². The molecule has 0 aromatic heterocycles. The van der Waals surface area contributed by atoms with Gasteiger partial charge < -0.3 is 10.1 Å². The van der Waals surface area contributed by atoms with E-state index in [2.05, 4.69) is 10.1 Å². The quantitative estimate of drug-likeness (QED) is 0.519. The van der Waals surface area contributed by atoms with Gasteiger partial charge in [-0.25, -0.2) is 0 Å². The molecule has 1 atom stereocenters. The van der Waals surface area contributed by atoms with Gasteiger partial charge in [-0.05, 0) is 18.8 Å². The average Bonchev–Trinajstić information content (AvgIpc) is 2.39. The Bertz CT molecular complexity index is 163. The van der Waals surface area contributed by atoms with E-state index in [0.29, 0.717) is 12.0 Å². The van der Waals surface area contributed by atoms with Crippen LogP contribution in [-0.2, 0) is 9.53 Å². The molecule has 3 aliphatic rings. The van der Waals surface area contributed by atoms with Crippen LogP contribution in [-0.4, -0.2) is 25.2 Å². The molecule has 1 saturated carbocycles. The highest BCUT2D eigenvalue weighted by atomic mass is 16.5. The number of rotatable bonds is 1. The molecule has 2 heterocycles. The number of nitrogens with one attached hydrogen (secondary N) is 1. The summed E-state index contributed by atoms with van der Waals surface area (Å²) in [6.07, 6.45) is 2.33. The maximum absolute atomic E-state index is 11.0. The first-order valence-corrected chi connectivity index (χ1v) is 3.65. The zero-order valence-corrected chi connectivity index (χ0v) is 5.96. The molecular formula is C7H11NO2.